The standard InChI is InChI=1S/C29H31F3N6O4/c1-18-25(28(40)36-21-4-5-26(34-15-21)35-17-24-3-2-8-42-24)14-22(16-33-18)37-27(39)19-11-20(29(30,31)32)13-23(12-19)38-6-9-41-10-7-38/h4-5,11-16,24H,2-3,6-10,17H2,1H3,(H,34,35)(H,36,40)(H,37,39). The van der Waals surface area contributed by atoms with Crippen molar-refractivity contribution in [3.8, 4) is 0 Å². The minimum atomic E-state index is -4.64. The second-order valence-electron chi connectivity index (χ2n) is 10.1. The molecule has 3 aromatic rings. The maximum atomic E-state index is 13.7. The van der Waals surface area contributed by atoms with Crippen LogP contribution < -0.4 is 20.9 Å². The first-order chi connectivity index (χ1) is 20.2. The van der Waals surface area contributed by atoms with E-state index in [4.69, 9.17) is 9.47 Å². The normalized spacial score (nSPS) is 17.1. The molecular formula is C29H31F3N6O4. The van der Waals surface area contributed by atoms with Gasteiger partial charge < -0.3 is 30.3 Å². The summed E-state index contributed by atoms with van der Waals surface area (Å²) in [6, 6.07) is 8.12. The Hall–Kier alpha value is -4.23. The molecule has 222 valence electrons. The number of hydrogen-bond donors (Lipinski definition) is 3. The molecule has 10 nitrogen and oxygen atoms in total. The summed E-state index contributed by atoms with van der Waals surface area (Å²) in [5.74, 6) is -0.591. The number of ether oxygens (including phenoxy) is 2. The number of nitrogens with zero attached hydrogens (tertiary/aromatic N) is 3. The van der Waals surface area contributed by atoms with Crippen molar-refractivity contribution < 1.29 is 32.2 Å². The van der Waals surface area contributed by atoms with Crippen molar-refractivity contribution >= 4 is 34.7 Å². The number of aromatic nitrogens is 2. The average Bonchev–Trinajstić information content (AvgIpc) is 3.51. The number of aryl methyl sites for hydroxylation is 1. The van der Waals surface area contributed by atoms with E-state index < -0.39 is 23.6 Å². The number of alkyl halides is 3. The van der Waals surface area contributed by atoms with E-state index in [1.807, 2.05) is 0 Å². The predicted octanol–water partition coefficient (Wildman–Crippen LogP) is 4.74. The number of rotatable bonds is 8. The molecule has 1 atom stereocenters. The largest absolute Gasteiger partial charge is 0.416 e. The Labute approximate surface area is 240 Å². The average molecular weight is 585 g/mol. The van der Waals surface area contributed by atoms with E-state index in [9.17, 15) is 22.8 Å². The number of carbonyl (C=O) groups is 2. The van der Waals surface area contributed by atoms with Crippen molar-refractivity contribution in [2.75, 3.05) is 60.3 Å². The fraction of sp³-hybridized carbons (Fsp3) is 0.379. The molecule has 1 unspecified atom stereocenters. The number of amides is 2. The van der Waals surface area contributed by atoms with E-state index in [1.54, 1.807) is 24.0 Å². The van der Waals surface area contributed by atoms with Crippen molar-refractivity contribution in [2.24, 2.45) is 0 Å². The number of nitrogens with one attached hydrogen (secondary N) is 3. The van der Waals surface area contributed by atoms with Crippen LogP contribution in [0.5, 0.6) is 0 Å². The predicted molar refractivity (Wildman–Crippen MR) is 151 cm³/mol. The van der Waals surface area contributed by atoms with Gasteiger partial charge in [-0.1, -0.05) is 0 Å². The van der Waals surface area contributed by atoms with Crippen LogP contribution in [0.25, 0.3) is 0 Å². The molecule has 0 saturated carbocycles. The fourth-order valence-corrected chi connectivity index (χ4v) is 4.74. The third-order valence-corrected chi connectivity index (χ3v) is 7.03. The summed E-state index contributed by atoms with van der Waals surface area (Å²) in [6.07, 6.45) is 0.436. The number of carbonyl (C=O) groups excluding carboxylic acids is 2. The van der Waals surface area contributed by atoms with Crippen LogP contribution in [0.4, 0.5) is 36.1 Å². The maximum absolute atomic E-state index is 13.7. The van der Waals surface area contributed by atoms with Crippen molar-refractivity contribution in [1.29, 1.82) is 0 Å². The van der Waals surface area contributed by atoms with Crippen LogP contribution in [0.15, 0.2) is 48.8 Å². The summed E-state index contributed by atoms with van der Waals surface area (Å²) in [6.45, 7) is 4.63. The number of benzene rings is 1. The van der Waals surface area contributed by atoms with E-state index in [0.717, 1.165) is 31.6 Å². The SMILES string of the molecule is Cc1ncc(NC(=O)c2cc(N3CCOCC3)cc(C(F)(F)F)c2)cc1C(=O)Nc1ccc(NCC2CCCO2)nc1. The minimum Gasteiger partial charge on any atom is -0.378 e. The van der Waals surface area contributed by atoms with E-state index >= 15 is 0 Å². The van der Waals surface area contributed by atoms with Gasteiger partial charge in [-0.05, 0) is 56.2 Å². The zero-order valence-corrected chi connectivity index (χ0v) is 23.0. The van der Waals surface area contributed by atoms with Crippen molar-refractivity contribution in [1.82, 2.24) is 9.97 Å². The lowest BCUT2D eigenvalue weighted by atomic mass is 10.1. The van der Waals surface area contributed by atoms with Crippen LogP contribution in [0.3, 0.4) is 0 Å². The quantitative estimate of drug-likeness (QED) is 0.348. The Bertz CT molecular complexity index is 1420. The zero-order chi connectivity index (χ0) is 29.7. The van der Waals surface area contributed by atoms with Crippen LogP contribution in [0, 0.1) is 6.92 Å². The molecule has 0 bridgehead atoms. The van der Waals surface area contributed by atoms with Crippen LogP contribution in [0.2, 0.25) is 0 Å². The lowest BCUT2D eigenvalue weighted by Gasteiger charge is -2.29. The molecule has 2 fully saturated rings. The number of halogens is 3. The van der Waals surface area contributed by atoms with Crippen LogP contribution in [-0.4, -0.2) is 67.3 Å². The molecule has 2 aliphatic heterocycles. The summed E-state index contributed by atoms with van der Waals surface area (Å²) < 4.78 is 51.8. The third kappa shape index (κ3) is 7.34. The molecule has 2 aliphatic rings. The van der Waals surface area contributed by atoms with E-state index in [-0.39, 0.29) is 28.6 Å². The summed E-state index contributed by atoms with van der Waals surface area (Å²) >= 11 is 0. The van der Waals surface area contributed by atoms with Gasteiger partial charge in [0, 0.05) is 37.5 Å². The fourth-order valence-electron chi connectivity index (χ4n) is 4.74. The second kappa shape index (κ2) is 12.7. The lowest BCUT2D eigenvalue weighted by molar-refractivity contribution is -0.137. The summed E-state index contributed by atoms with van der Waals surface area (Å²) in [4.78, 5) is 36.4. The first-order valence-corrected chi connectivity index (χ1v) is 13.6. The van der Waals surface area contributed by atoms with Gasteiger partial charge in [0.25, 0.3) is 11.8 Å². The lowest BCUT2D eigenvalue weighted by Crippen LogP contribution is -2.36. The molecule has 2 amide bonds. The first kappa shape index (κ1) is 29.3. The van der Waals surface area contributed by atoms with Gasteiger partial charge in [0.15, 0.2) is 0 Å². The van der Waals surface area contributed by atoms with E-state index in [1.165, 1.54) is 24.5 Å². The van der Waals surface area contributed by atoms with Gasteiger partial charge >= 0.3 is 6.18 Å². The highest BCUT2D eigenvalue weighted by Gasteiger charge is 2.32. The molecule has 5 rings (SSSR count). The molecule has 2 saturated heterocycles. The molecular weight excluding hydrogens is 553 g/mol. The molecule has 0 radical (unpaired) electrons. The Morgan fingerprint density at radius 2 is 1.74 bits per heavy atom. The molecule has 2 aromatic heterocycles. The number of anilines is 4. The Kier molecular flexibility index (Phi) is 8.88. The third-order valence-electron chi connectivity index (χ3n) is 7.03. The molecule has 4 heterocycles. The summed E-state index contributed by atoms with van der Waals surface area (Å²) in [7, 11) is 0. The Balaban J connectivity index is 1.27. The van der Waals surface area contributed by atoms with Gasteiger partial charge in [0.2, 0.25) is 0 Å². The molecule has 3 N–H and O–H groups in total. The van der Waals surface area contributed by atoms with Gasteiger partial charge in [-0.25, -0.2) is 4.98 Å². The van der Waals surface area contributed by atoms with Crippen LogP contribution in [0.1, 0.15) is 44.8 Å². The topological polar surface area (TPSA) is 118 Å². The van der Waals surface area contributed by atoms with Gasteiger partial charge in [-0.3, -0.25) is 14.6 Å². The van der Waals surface area contributed by atoms with Gasteiger partial charge in [0.05, 0.1) is 59.9 Å². The number of morpholine rings is 1. The summed E-state index contributed by atoms with van der Waals surface area (Å²) in [5, 5.41) is 8.54. The van der Waals surface area contributed by atoms with Crippen molar-refractivity contribution in [3.05, 3.63) is 71.2 Å². The van der Waals surface area contributed by atoms with Crippen molar-refractivity contribution in [2.45, 2.75) is 32.0 Å². The number of hydrogen-bond acceptors (Lipinski definition) is 8. The maximum Gasteiger partial charge on any atom is 0.416 e. The highest BCUT2D eigenvalue weighted by Crippen LogP contribution is 2.33. The highest BCUT2D eigenvalue weighted by molar-refractivity contribution is 6.08. The Morgan fingerprint density at radius 3 is 2.43 bits per heavy atom. The second-order valence-corrected chi connectivity index (χ2v) is 10.1. The summed E-state index contributed by atoms with van der Waals surface area (Å²) in [5.41, 5.74) is 0.386. The van der Waals surface area contributed by atoms with Gasteiger partial charge in [0.1, 0.15) is 5.82 Å². The van der Waals surface area contributed by atoms with Crippen molar-refractivity contribution in [3.63, 3.8) is 0 Å². The monoisotopic (exact) mass is 584 g/mol. The molecule has 1 aromatic carbocycles. The zero-order valence-electron chi connectivity index (χ0n) is 23.0. The Morgan fingerprint density at radius 1 is 0.976 bits per heavy atom. The highest BCUT2D eigenvalue weighted by atomic mass is 19.4. The minimum absolute atomic E-state index is 0.160. The van der Waals surface area contributed by atoms with E-state index in [2.05, 4.69) is 25.9 Å². The molecule has 0 aliphatic carbocycles. The first-order valence-electron chi connectivity index (χ1n) is 13.6. The molecule has 42 heavy (non-hydrogen) atoms. The van der Waals surface area contributed by atoms with E-state index in [0.29, 0.717) is 50.0 Å². The molecule has 13 heteroatoms. The smallest absolute Gasteiger partial charge is 0.378 e. The molecule has 0 spiro atoms. The van der Waals surface area contributed by atoms with Crippen LogP contribution >= 0.6 is 0 Å². The van der Waals surface area contributed by atoms with Gasteiger partial charge in [-0.15, -0.1) is 0 Å². The van der Waals surface area contributed by atoms with Gasteiger partial charge in [-0.2, -0.15) is 13.2 Å². The van der Waals surface area contributed by atoms with Crippen LogP contribution in [-0.2, 0) is 15.7 Å². The number of pyridine rings is 2.